The summed E-state index contributed by atoms with van der Waals surface area (Å²) in [5.41, 5.74) is 2.49. The summed E-state index contributed by atoms with van der Waals surface area (Å²) >= 11 is 1.76. The average Bonchev–Trinajstić information content (AvgIpc) is 2.18. The summed E-state index contributed by atoms with van der Waals surface area (Å²) < 4.78 is 0. The van der Waals surface area contributed by atoms with E-state index in [4.69, 9.17) is 0 Å². The molecular formula is C9H13N3S. The SMILES string of the molecule is CSCc1ncc2c(n1)CCNC2. The van der Waals surface area contributed by atoms with Crippen molar-refractivity contribution in [3.8, 4) is 0 Å². The largest absolute Gasteiger partial charge is 0.312 e. The summed E-state index contributed by atoms with van der Waals surface area (Å²) in [5, 5.41) is 3.31. The molecular weight excluding hydrogens is 182 g/mol. The van der Waals surface area contributed by atoms with Crippen LogP contribution in [-0.4, -0.2) is 22.8 Å². The van der Waals surface area contributed by atoms with E-state index in [0.717, 1.165) is 31.1 Å². The molecule has 1 aromatic rings. The van der Waals surface area contributed by atoms with Gasteiger partial charge >= 0.3 is 0 Å². The van der Waals surface area contributed by atoms with Gasteiger partial charge in [-0.2, -0.15) is 11.8 Å². The van der Waals surface area contributed by atoms with Crippen LogP contribution in [-0.2, 0) is 18.7 Å². The number of fused-ring (bicyclic) bond motifs is 1. The van der Waals surface area contributed by atoms with Crippen LogP contribution in [0.3, 0.4) is 0 Å². The lowest BCUT2D eigenvalue weighted by molar-refractivity contribution is 0.622. The van der Waals surface area contributed by atoms with Crippen LogP contribution in [0.15, 0.2) is 6.20 Å². The highest BCUT2D eigenvalue weighted by molar-refractivity contribution is 7.97. The molecule has 0 amide bonds. The van der Waals surface area contributed by atoms with Gasteiger partial charge in [-0.3, -0.25) is 0 Å². The zero-order chi connectivity index (χ0) is 9.10. The molecule has 2 rings (SSSR count). The number of nitrogens with zero attached hydrogens (tertiary/aromatic N) is 2. The van der Waals surface area contributed by atoms with Crippen LogP contribution in [0.25, 0.3) is 0 Å². The minimum atomic E-state index is 0.917. The van der Waals surface area contributed by atoms with E-state index < -0.39 is 0 Å². The number of rotatable bonds is 2. The van der Waals surface area contributed by atoms with Crippen LogP contribution >= 0.6 is 11.8 Å². The summed E-state index contributed by atoms with van der Waals surface area (Å²) in [6, 6.07) is 0. The lowest BCUT2D eigenvalue weighted by atomic mass is 10.1. The van der Waals surface area contributed by atoms with E-state index in [-0.39, 0.29) is 0 Å². The standard InChI is InChI=1S/C9H13N3S/c1-13-6-9-11-5-7-4-10-3-2-8(7)12-9/h5,10H,2-4,6H2,1H3. The maximum Gasteiger partial charge on any atom is 0.138 e. The van der Waals surface area contributed by atoms with E-state index in [2.05, 4.69) is 21.5 Å². The number of thioether (sulfide) groups is 1. The Bertz CT molecular complexity index is 301. The summed E-state index contributed by atoms with van der Waals surface area (Å²) in [7, 11) is 0. The highest BCUT2D eigenvalue weighted by Gasteiger charge is 2.10. The Morgan fingerprint density at radius 2 is 2.54 bits per heavy atom. The molecule has 0 fully saturated rings. The third-order valence-corrected chi connectivity index (χ3v) is 2.68. The van der Waals surface area contributed by atoms with Gasteiger partial charge in [-0.25, -0.2) is 9.97 Å². The maximum absolute atomic E-state index is 4.53. The molecule has 0 saturated heterocycles. The average molecular weight is 195 g/mol. The van der Waals surface area contributed by atoms with Gasteiger partial charge in [0, 0.05) is 37.0 Å². The van der Waals surface area contributed by atoms with Crippen LogP contribution in [0, 0.1) is 0 Å². The Balaban J connectivity index is 2.24. The predicted molar refractivity (Wildman–Crippen MR) is 54.7 cm³/mol. The molecule has 13 heavy (non-hydrogen) atoms. The van der Waals surface area contributed by atoms with Crippen LogP contribution < -0.4 is 5.32 Å². The van der Waals surface area contributed by atoms with Gasteiger partial charge in [-0.15, -0.1) is 0 Å². The van der Waals surface area contributed by atoms with E-state index in [9.17, 15) is 0 Å². The fraction of sp³-hybridized carbons (Fsp3) is 0.556. The molecule has 0 saturated carbocycles. The molecule has 70 valence electrons. The van der Waals surface area contributed by atoms with Gasteiger partial charge in [0.05, 0.1) is 5.75 Å². The topological polar surface area (TPSA) is 37.8 Å². The van der Waals surface area contributed by atoms with E-state index in [1.54, 1.807) is 11.8 Å². The van der Waals surface area contributed by atoms with Crippen molar-refractivity contribution in [3.63, 3.8) is 0 Å². The first kappa shape index (κ1) is 8.97. The second kappa shape index (κ2) is 4.07. The van der Waals surface area contributed by atoms with Crippen molar-refractivity contribution in [2.75, 3.05) is 12.8 Å². The van der Waals surface area contributed by atoms with Gasteiger partial charge in [0.15, 0.2) is 0 Å². The van der Waals surface area contributed by atoms with Gasteiger partial charge in [0.1, 0.15) is 5.82 Å². The molecule has 3 nitrogen and oxygen atoms in total. The Labute approximate surface area is 82.4 Å². The molecule has 0 atom stereocenters. The van der Waals surface area contributed by atoms with Gasteiger partial charge in [0.25, 0.3) is 0 Å². The van der Waals surface area contributed by atoms with Crippen molar-refractivity contribution in [2.45, 2.75) is 18.7 Å². The minimum Gasteiger partial charge on any atom is -0.312 e. The van der Waals surface area contributed by atoms with E-state index in [1.807, 2.05) is 6.20 Å². The summed E-state index contributed by atoms with van der Waals surface area (Å²) in [6.07, 6.45) is 5.07. The first-order chi connectivity index (χ1) is 6.40. The van der Waals surface area contributed by atoms with Crippen molar-refractivity contribution in [3.05, 3.63) is 23.3 Å². The van der Waals surface area contributed by atoms with Crippen molar-refractivity contribution < 1.29 is 0 Å². The Kier molecular flexibility index (Phi) is 2.80. The zero-order valence-electron chi connectivity index (χ0n) is 7.71. The minimum absolute atomic E-state index is 0.917. The molecule has 0 bridgehead atoms. The number of nitrogens with one attached hydrogen (secondary N) is 1. The van der Waals surface area contributed by atoms with Crippen LogP contribution in [0.1, 0.15) is 17.1 Å². The predicted octanol–water partition coefficient (Wildman–Crippen LogP) is 0.985. The molecule has 1 aliphatic heterocycles. The van der Waals surface area contributed by atoms with Gasteiger partial charge < -0.3 is 5.32 Å². The van der Waals surface area contributed by atoms with Crippen molar-refractivity contribution in [1.82, 2.24) is 15.3 Å². The molecule has 0 aromatic carbocycles. The third-order valence-electron chi connectivity index (χ3n) is 2.13. The Morgan fingerprint density at radius 1 is 1.62 bits per heavy atom. The monoisotopic (exact) mass is 195 g/mol. The molecule has 1 aromatic heterocycles. The van der Waals surface area contributed by atoms with Crippen molar-refractivity contribution in [1.29, 1.82) is 0 Å². The Hall–Kier alpha value is -0.610. The number of hydrogen-bond acceptors (Lipinski definition) is 4. The molecule has 2 heterocycles. The maximum atomic E-state index is 4.53. The van der Waals surface area contributed by atoms with E-state index in [0.29, 0.717) is 0 Å². The highest BCUT2D eigenvalue weighted by atomic mass is 32.2. The highest BCUT2D eigenvalue weighted by Crippen LogP contribution is 2.12. The first-order valence-electron chi connectivity index (χ1n) is 4.43. The molecule has 1 N–H and O–H groups in total. The van der Waals surface area contributed by atoms with Gasteiger partial charge in [-0.1, -0.05) is 0 Å². The zero-order valence-corrected chi connectivity index (χ0v) is 8.52. The fourth-order valence-corrected chi connectivity index (χ4v) is 1.87. The smallest absolute Gasteiger partial charge is 0.138 e. The third kappa shape index (κ3) is 2.00. The molecule has 4 heteroatoms. The summed E-state index contributed by atoms with van der Waals surface area (Å²) in [6.45, 7) is 1.97. The molecule has 0 radical (unpaired) electrons. The van der Waals surface area contributed by atoms with E-state index in [1.165, 1.54) is 11.3 Å². The quantitative estimate of drug-likeness (QED) is 0.763. The molecule has 0 spiro atoms. The summed E-state index contributed by atoms with van der Waals surface area (Å²) in [5.74, 6) is 1.88. The van der Waals surface area contributed by atoms with Gasteiger partial charge in [-0.05, 0) is 6.26 Å². The van der Waals surface area contributed by atoms with Crippen molar-refractivity contribution in [2.24, 2.45) is 0 Å². The lowest BCUT2D eigenvalue weighted by Crippen LogP contribution is -2.25. The second-order valence-electron chi connectivity index (χ2n) is 3.12. The van der Waals surface area contributed by atoms with Crippen LogP contribution in [0.5, 0.6) is 0 Å². The Morgan fingerprint density at radius 3 is 3.38 bits per heavy atom. The molecule has 1 aliphatic rings. The van der Waals surface area contributed by atoms with Crippen molar-refractivity contribution >= 4 is 11.8 Å². The fourth-order valence-electron chi connectivity index (χ4n) is 1.48. The molecule has 0 unspecified atom stereocenters. The van der Waals surface area contributed by atoms with E-state index >= 15 is 0 Å². The second-order valence-corrected chi connectivity index (χ2v) is 3.98. The number of aromatic nitrogens is 2. The first-order valence-corrected chi connectivity index (χ1v) is 5.83. The lowest BCUT2D eigenvalue weighted by Gasteiger charge is -2.15. The van der Waals surface area contributed by atoms with Crippen LogP contribution in [0.4, 0.5) is 0 Å². The number of hydrogen-bond donors (Lipinski definition) is 1. The van der Waals surface area contributed by atoms with Gasteiger partial charge in [0.2, 0.25) is 0 Å². The molecule has 0 aliphatic carbocycles. The summed E-state index contributed by atoms with van der Waals surface area (Å²) in [4.78, 5) is 8.84. The normalized spacial score (nSPS) is 15.5. The van der Waals surface area contributed by atoms with Crippen LogP contribution in [0.2, 0.25) is 0 Å².